The molecule has 1 aliphatic carbocycles. The maximum Gasteiger partial charge on any atom is -0.0283 e. The summed E-state index contributed by atoms with van der Waals surface area (Å²) >= 11 is 0. The van der Waals surface area contributed by atoms with E-state index >= 15 is 0 Å². The maximum atomic E-state index is 3.89. The average Bonchev–Trinajstić information content (AvgIpc) is 1.77. The molecule has 0 aromatic heterocycles. The summed E-state index contributed by atoms with van der Waals surface area (Å²) in [6.45, 7) is 6.19. The molecule has 0 saturated heterocycles. The summed E-state index contributed by atoms with van der Waals surface area (Å²) in [7, 11) is 0. The van der Waals surface area contributed by atoms with Crippen molar-refractivity contribution >= 4 is 0 Å². The van der Waals surface area contributed by atoms with Gasteiger partial charge < -0.3 is 0 Å². The van der Waals surface area contributed by atoms with Gasteiger partial charge >= 0.3 is 0 Å². The van der Waals surface area contributed by atoms with Gasteiger partial charge in [0.25, 0.3) is 0 Å². The minimum Gasteiger partial charge on any atom is -0.0851 e. The van der Waals surface area contributed by atoms with Crippen LogP contribution < -0.4 is 0 Å². The molecular weight excluding hydrogens is 96.1 g/mol. The predicted molar refractivity (Wildman–Crippen MR) is 36.5 cm³/mol. The lowest BCUT2D eigenvalue weighted by molar-refractivity contribution is 0.518. The Bertz CT molecular complexity index is 101. The molecule has 0 heterocycles. The van der Waals surface area contributed by atoms with E-state index < -0.39 is 0 Å². The van der Waals surface area contributed by atoms with Crippen molar-refractivity contribution in [3.8, 4) is 0 Å². The molecule has 1 radical (unpaired) electrons. The van der Waals surface area contributed by atoms with Crippen molar-refractivity contribution < 1.29 is 0 Å². The fourth-order valence-electron chi connectivity index (χ4n) is 1.02. The molecule has 0 bridgehead atoms. The molecule has 0 aromatic carbocycles. The molecule has 0 aliphatic heterocycles. The second-order valence-electron chi connectivity index (χ2n) is 2.74. The van der Waals surface area contributed by atoms with Gasteiger partial charge in [0.05, 0.1) is 0 Å². The molecular formula is C8H13. The summed E-state index contributed by atoms with van der Waals surface area (Å²) in [5.74, 6) is 0.903. The third-order valence-corrected chi connectivity index (χ3v) is 1.77. The molecule has 0 nitrogen and oxygen atoms in total. The van der Waals surface area contributed by atoms with Gasteiger partial charge in [0.1, 0.15) is 0 Å². The molecule has 0 saturated carbocycles. The van der Waals surface area contributed by atoms with Gasteiger partial charge in [-0.25, -0.2) is 0 Å². The first-order valence-corrected chi connectivity index (χ1v) is 3.30. The highest BCUT2D eigenvalue weighted by Crippen LogP contribution is 2.21. The van der Waals surface area contributed by atoms with Crippen molar-refractivity contribution in [2.45, 2.75) is 26.2 Å². The van der Waals surface area contributed by atoms with Crippen LogP contribution in [0.15, 0.2) is 11.6 Å². The molecule has 1 aliphatic rings. The normalized spacial score (nSPS) is 29.8. The third kappa shape index (κ3) is 1.36. The summed E-state index contributed by atoms with van der Waals surface area (Å²) in [4.78, 5) is 0. The van der Waals surface area contributed by atoms with Crippen molar-refractivity contribution in [3.05, 3.63) is 18.6 Å². The topological polar surface area (TPSA) is 0 Å². The molecule has 0 N–H and O–H groups in total. The number of hydrogen-bond acceptors (Lipinski definition) is 0. The first-order chi connectivity index (χ1) is 3.79. The van der Waals surface area contributed by atoms with Crippen LogP contribution in [0.5, 0.6) is 0 Å². The van der Waals surface area contributed by atoms with Crippen LogP contribution in [0, 0.1) is 12.8 Å². The van der Waals surface area contributed by atoms with E-state index in [4.69, 9.17) is 0 Å². The highest BCUT2D eigenvalue weighted by Gasteiger charge is 2.05. The summed E-state index contributed by atoms with van der Waals surface area (Å²) in [5, 5.41) is 0. The van der Waals surface area contributed by atoms with Crippen molar-refractivity contribution in [3.63, 3.8) is 0 Å². The van der Waals surface area contributed by atoms with Gasteiger partial charge in [0.15, 0.2) is 0 Å². The van der Waals surface area contributed by atoms with Gasteiger partial charge in [-0.05, 0) is 32.1 Å². The van der Waals surface area contributed by atoms with Gasteiger partial charge in [-0.3, -0.25) is 0 Å². The van der Waals surface area contributed by atoms with E-state index in [9.17, 15) is 0 Å². The first-order valence-electron chi connectivity index (χ1n) is 3.30. The van der Waals surface area contributed by atoms with Crippen LogP contribution in [-0.2, 0) is 0 Å². The van der Waals surface area contributed by atoms with Crippen LogP contribution >= 0.6 is 0 Å². The Morgan fingerprint density at radius 3 is 2.88 bits per heavy atom. The van der Waals surface area contributed by atoms with E-state index in [1.165, 1.54) is 24.8 Å². The zero-order valence-corrected chi connectivity index (χ0v) is 5.48. The van der Waals surface area contributed by atoms with Gasteiger partial charge in [-0.2, -0.15) is 0 Å². The zero-order chi connectivity index (χ0) is 5.98. The van der Waals surface area contributed by atoms with Crippen LogP contribution in [0.4, 0.5) is 0 Å². The highest BCUT2D eigenvalue weighted by molar-refractivity contribution is 5.08. The van der Waals surface area contributed by atoms with Crippen LogP contribution in [0.1, 0.15) is 26.2 Å². The minimum absolute atomic E-state index is 0.903. The first kappa shape index (κ1) is 5.87. The largest absolute Gasteiger partial charge is 0.0851 e. The molecule has 1 atom stereocenters. The Morgan fingerprint density at radius 1 is 1.75 bits per heavy atom. The molecule has 0 spiro atoms. The SMILES string of the molecule is [CH2]C1=CCC(C)CC1. The smallest absolute Gasteiger partial charge is 0.0283 e. The fraction of sp³-hybridized carbons (Fsp3) is 0.625. The van der Waals surface area contributed by atoms with Gasteiger partial charge in [0, 0.05) is 0 Å². The Kier molecular flexibility index (Phi) is 1.72. The molecule has 0 amide bonds. The summed E-state index contributed by atoms with van der Waals surface area (Å²) < 4.78 is 0. The molecule has 1 rings (SSSR count). The molecule has 0 fully saturated rings. The average molecular weight is 109 g/mol. The fourth-order valence-corrected chi connectivity index (χ4v) is 1.02. The monoisotopic (exact) mass is 109 g/mol. The van der Waals surface area contributed by atoms with Crippen molar-refractivity contribution in [2.24, 2.45) is 5.92 Å². The Balaban J connectivity index is 2.42. The summed E-state index contributed by atoms with van der Waals surface area (Å²) in [6, 6.07) is 0. The molecule has 1 unspecified atom stereocenters. The van der Waals surface area contributed by atoms with E-state index in [2.05, 4.69) is 19.9 Å². The molecule has 45 valence electrons. The third-order valence-electron chi connectivity index (χ3n) is 1.77. The lowest BCUT2D eigenvalue weighted by Gasteiger charge is -2.14. The van der Waals surface area contributed by atoms with Gasteiger partial charge in [0.2, 0.25) is 0 Å². The maximum absolute atomic E-state index is 3.89. The lowest BCUT2D eigenvalue weighted by Crippen LogP contribution is -1.98. The minimum atomic E-state index is 0.903. The predicted octanol–water partition coefficient (Wildman–Crippen LogP) is 2.57. The van der Waals surface area contributed by atoms with E-state index in [1.807, 2.05) is 0 Å². The number of allylic oxidation sites excluding steroid dienone is 2. The Hall–Kier alpha value is -0.260. The second-order valence-corrected chi connectivity index (χ2v) is 2.74. The van der Waals surface area contributed by atoms with Crippen molar-refractivity contribution in [1.29, 1.82) is 0 Å². The Labute approximate surface area is 51.6 Å². The highest BCUT2D eigenvalue weighted by atomic mass is 14.1. The zero-order valence-electron chi connectivity index (χ0n) is 5.48. The summed E-state index contributed by atoms with van der Waals surface area (Å²) in [6.07, 6.45) is 6.07. The Morgan fingerprint density at radius 2 is 2.50 bits per heavy atom. The van der Waals surface area contributed by atoms with Crippen LogP contribution in [-0.4, -0.2) is 0 Å². The second kappa shape index (κ2) is 2.34. The van der Waals surface area contributed by atoms with Crippen LogP contribution in [0.2, 0.25) is 0 Å². The number of hydrogen-bond donors (Lipinski definition) is 0. The lowest BCUT2D eigenvalue weighted by atomic mass is 9.92. The van der Waals surface area contributed by atoms with E-state index in [1.54, 1.807) is 0 Å². The molecule has 0 heteroatoms. The van der Waals surface area contributed by atoms with Gasteiger partial charge in [-0.15, -0.1) is 0 Å². The van der Waals surface area contributed by atoms with E-state index in [0.29, 0.717) is 0 Å². The van der Waals surface area contributed by atoms with Crippen molar-refractivity contribution in [2.75, 3.05) is 0 Å². The van der Waals surface area contributed by atoms with Gasteiger partial charge in [-0.1, -0.05) is 18.6 Å². The summed E-state index contributed by atoms with van der Waals surface area (Å²) in [5.41, 5.74) is 1.34. The van der Waals surface area contributed by atoms with E-state index in [0.717, 1.165) is 5.92 Å². The molecule has 8 heavy (non-hydrogen) atoms. The molecule has 0 aromatic rings. The van der Waals surface area contributed by atoms with E-state index in [-0.39, 0.29) is 0 Å². The quantitative estimate of drug-likeness (QED) is 0.448. The standard InChI is InChI=1S/C8H13/c1-7-3-5-8(2)6-4-7/h3,8H,1,4-6H2,2H3. The van der Waals surface area contributed by atoms with Crippen LogP contribution in [0.25, 0.3) is 0 Å². The van der Waals surface area contributed by atoms with Crippen LogP contribution in [0.3, 0.4) is 0 Å². The van der Waals surface area contributed by atoms with Crippen molar-refractivity contribution in [1.82, 2.24) is 0 Å². The number of rotatable bonds is 0.